The lowest BCUT2D eigenvalue weighted by atomic mass is 9.95. The van der Waals surface area contributed by atoms with Gasteiger partial charge in [0.2, 0.25) is 5.91 Å². The second-order valence-corrected chi connectivity index (χ2v) is 9.32. The Morgan fingerprint density at radius 3 is 2.34 bits per heavy atom. The van der Waals surface area contributed by atoms with Crippen LogP contribution in [0.25, 0.3) is 0 Å². The normalized spacial score (nSPS) is 23.9. The molecule has 0 aliphatic carbocycles. The van der Waals surface area contributed by atoms with Crippen LogP contribution in [0.4, 0.5) is 4.79 Å². The molecule has 1 fully saturated rings. The lowest BCUT2D eigenvalue weighted by molar-refractivity contribution is -0.142. The Hall–Kier alpha value is -2.93. The molecule has 2 amide bonds. The minimum atomic E-state index is -0.971. The molecule has 2 heterocycles. The van der Waals surface area contributed by atoms with Crippen molar-refractivity contribution in [1.82, 2.24) is 4.90 Å². The number of imide groups is 1. The summed E-state index contributed by atoms with van der Waals surface area (Å²) in [7, 11) is 0. The summed E-state index contributed by atoms with van der Waals surface area (Å²) in [5.74, 6) is -1.02. The fraction of sp³-hybridized carbons (Fsp3) is 0.536. The average Bonchev–Trinajstić information content (AvgIpc) is 3.17. The van der Waals surface area contributed by atoms with Crippen molar-refractivity contribution in [1.29, 1.82) is 0 Å². The Balaban J connectivity index is 1.53. The smallest absolute Gasteiger partial charge is 0.417 e. The van der Waals surface area contributed by atoms with E-state index >= 15 is 0 Å². The van der Waals surface area contributed by atoms with Crippen molar-refractivity contribution in [2.45, 2.75) is 83.5 Å². The highest BCUT2D eigenvalue weighted by atomic mass is 16.6. The Labute approximate surface area is 207 Å². The number of allylic oxidation sites excluding steroid dienone is 2. The topological polar surface area (TPSA) is 93.1 Å². The first kappa shape index (κ1) is 26.7. The number of cyclic esters (lactones) is 1. The number of carbonyl (C=O) groups excluding carboxylic acids is 3. The van der Waals surface area contributed by atoms with Gasteiger partial charge in [-0.05, 0) is 56.9 Å². The Morgan fingerprint density at radius 1 is 1.00 bits per heavy atom. The summed E-state index contributed by atoms with van der Waals surface area (Å²) in [5, 5.41) is 8.81. The SMILES string of the molecule is C[C@@H]1[C@H](c2ccccc2)OC(=O)N1C(=O)[C@H](C)[C@@H]1OC(=CCCCCCCCCCO)C=CC1=O. The number of rotatable bonds is 12. The first-order valence-corrected chi connectivity index (χ1v) is 12.7. The Morgan fingerprint density at radius 2 is 1.66 bits per heavy atom. The number of nitrogens with zero attached hydrogens (tertiary/aromatic N) is 1. The number of ether oxygens (including phenoxy) is 2. The number of carbonyl (C=O) groups is 3. The van der Waals surface area contributed by atoms with Crippen LogP contribution in [-0.2, 0) is 19.1 Å². The number of hydrogen-bond acceptors (Lipinski definition) is 6. The molecule has 0 radical (unpaired) electrons. The zero-order chi connectivity index (χ0) is 25.2. The van der Waals surface area contributed by atoms with E-state index in [-0.39, 0.29) is 12.4 Å². The molecule has 1 N–H and O–H groups in total. The average molecular weight is 484 g/mol. The van der Waals surface area contributed by atoms with E-state index in [1.807, 2.05) is 36.4 Å². The van der Waals surface area contributed by atoms with E-state index in [1.165, 1.54) is 12.5 Å². The minimum Gasteiger partial charge on any atom is -0.482 e. The van der Waals surface area contributed by atoms with E-state index in [0.717, 1.165) is 55.4 Å². The highest BCUT2D eigenvalue weighted by Crippen LogP contribution is 2.34. The zero-order valence-electron chi connectivity index (χ0n) is 20.7. The highest BCUT2D eigenvalue weighted by Gasteiger charge is 2.47. The lowest BCUT2D eigenvalue weighted by Crippen LogP contribution is -2.47. The summed E-state index contributed by atoms with van der Waals surface area (Å²) in [6.07, 6.45) is 11.2. The number of amides is 2. The van der Waals surface area contributed by atoms with Gasteiger partial charge in [0.1, 0.15) is 11.9 Å². The second kappa shape index (κ2) is 13.2. The van der Waals surface area contributed by atoms with Gasteiger partial charge in [0.05, 0.1) is 12.0 Å². The van der Waals surface area contributed by atoms with E-state index < -0.39 is 36.2 Å². The fourth-order valence-electron chi connectivity index (χ4n) is 4.55. The maximum Gasteiger partial charge on any atom is 0.417 e. The molecule has 3 rings (SSSR count). The van der Waals surface area contributed by atoms with Crippen LogP contribution in [0.1, 0.15) is 76.9 Å². The summed E-state index contributed by atoms with van der Waals surface area (Å²) in [4.78, 5) is 39.5. The van der Waals surface area contributed by atoms with E-state index in [0.29, 0.717) is 5.76 Å². The van der Waals surface area contributed by atoms with Crippen LogP contribution in [-0.4, -0.2) is 46.5 Å². The van der Waals surface area contributed by atoms with Crippen LogP contribution in [0.15, 0.2) is 54.3 Å². The number of benzene rings is 1. The molecule has 190 valence electrons. The van der Waals surface area contributed by atoms with Crippen molar-refractivity contribution in [2.24, 2.45) is 5.92 Å². The Bertz CT molecular complexity index is 925. The second-order valence-electron chi connectivity index (χ2n) is 9.32. The van der Waals surface area contributed by atoms with E-state index in [2.05, 4.69) is 0 Å². The first-order valence-electron chi connectivity index (χ1n) is 12.7. The minimum absolute atomic E-state index is 0.268. The molecule has 1 saturated heterocycles. The van der Waals surface area contributed by atoms with E-state index in [1.54, 1.807) is 19.9 Å². The van der Waals surface area contributed by atoms with Gasteiger partial charge < -0.3 is 14.6 Å². The van der Waals surface area contributed by atoms with Gasteiger partial charge in [0.25, 0.3) is 0 Å². The van der Waals surface area contributed by atoms with Crippen molar-refractivity contribution in [3.05, 3.63) is 59.9 Å². The van der Waals surface area contributed by atoms with Gasteiger partial charge in [-0.25, -0.2) is 9.69 Å². The summed E-state index contributed by atoms with van der Waals surface area (Å²) >= 11 is 0. The quantitative estimate of drug-likeness (QED) is 0.408. The third kappa shape index (κ3) is 7.04. The Kier molecular flexibility index (Phi) is 10.1. The first-order chi connectivity index (χ1) is 16.9. The molecule has 0 spiro atoms. The molecular weight excluding hydrogens is 446 g/mol. The van der Waals surface area contributed by atoms with E-state index in [4.69, 9.17) is 14.6 Å². The molecule has 1 aromatic carbocycles. The van der Waals surface area contributed by atoms with Gasteiger partial charge in [0, 0.05) is 6.61 Å². The maximum absolute atomic E-state index is 13.3. The number of aliphatic hydroxyl groups is 1. The molecule has 2 aliphatic rings. The predicted molar refractivity (Wildman–Crippen MR) is 132 cm³/mol. The molecule has 0 unspecified atom stereocenters. The molecule has 7 nitrogen and oxygen atoms in total. The molecule has 0 aromatic heterocycles. The van der Waals surface area contributed by atoms with Crippen LogP contribution in [0, 0.1) is 5.92 Å². The molecule has 7 heteroatoms. The van der Waals surface area contributed by atoms with Crippen molar-refractivity contribution in [2.75, 3.05) is 6.61 Å². The number of hydrogen-bond donors (Lipinski definition) is 1. The molecular formula is C28H37NO6. The fourth-order valence-corrected chi connectivity index (χ4v) is 4.55. The maximum atomic E-state index is 13.3. The van der Waals surface area contributed by atoms with Crippen LogP contribution in [0.3, 0.4) is 0 Å². The highest BCUT2D eigenvalue weighted by molar-refractivity contribution is 6.01. The molecule has 0 saturated carbocycles. The van der Waals surface area contributed by atoms with Crippen molar-refractivity contribution in [3.63, 3.8) is 0 Å². The number of unbranched alkanes of at least 4 members (excludes halogenated alkanes) is 7. The van der Waals surface area contributed by atoms with Gasteiger partial charge in [-0.15, -0.1) is 0 Å². The number of ketones is 1. The third-order valence-electron chi connectivity index (χ3n) is 6.64. The van der Waals surface area contributed by atoms with Crippen LogP contribution in [0.5, 0.6) is 0 Å². The monoisotopic (exact) mass is 483 g/mol. The summed E-state index contributed by atoms with van der Waals surface area (Å²) in [6, 6.07) is 8.82. The van der Waals surface area contributed by atoms with Gasteiger partial charge in [-0.3, -0.25) is 9.59 Å². The van der Waals surface area contributed by atoms with Gasteiger partial charge in [-0.2, -0.15) is 0 Å². The zero-order valence-corrected chi connectivity index (χ0v) is 20.7. The summed E-state index contributed by atoms with van der Waals surface area (Å²) < 4.78 is 11.4. The molecule has 35 heavy (non-hydrogen) atoms. The number of aliphatic hydroxyl groups excluding tert-OH is 1. The standard InChI is InChI=1S/C28H37NO6/c1-20(27(32)29-21(2)26(35-28(29)33)22-14-10-9-11-15-22)25-24(31)18-17-23(34-25)16-12-7-5-3-4-6-8-13-19-30/h9-11,14-18,20-21,25-26,30H,3-8,12-13,19H2,1-2H3/t20-,21-,25+,26-/m1/s1. The molecule has 4 atom stereocenters. The molecule has 1 aromatic rings. The lowest BCUT2D eigenvalue weighted by Gasteiger charge is -2.28. The van der Waals surface area contributed by atoms with Crippen molar-refractivity contribution in [3.8, 4) is 0 Å². The third-order valence-corrected chi connectivity index (χ3v) is 6.64. The van der Waals surface area contributed by atoms with Gasteiger partial charge in [-0.1, -0.05) is 62.4 Å². The van der Waals surface area contributed by atoms with Crippen molar-refractivity contribution >= 4 is 17.8 Å². The van der Waals surface area contributed by atoms with Crippen molar-refractivity contribution < 1.29 is 29.0 Å². The largest absolute Gasteiger partial charge is 0.482 e. The van der Waals surface area contributed by atoms with Crippen LogP contribution in [0.2, 0.25) is 0 Å². The van der Waals surface area contributed by atoms with Gasteiger partial charge in [0.15, 0.2) is 11.9 Å². The van der Waals surface area contributed by atoms with E-state index in [9.17, 15) is 14.4 Å². The predicted octanol–water partition coefficient (Wildman–Crippen LogP) is 5.25. The molecule has 2 aliphatic heterocycles. The summed E-state index contributed by atoms with van der Waals surface area (Å²) in [6.45, 7) is 3.66. The van der Waals surface area contributed by atoms with Crippen LogP contribution < -0.4 is 0 Å². The van der Waals surface area contributed by atoms with Crippen LogP contribution >= 0.6 is 0 Å². The van der Waals surface area contributed by atoms with Gasteiger partial charge >= 0.3 is 6.09 Å². The summed E-state index contributed by atoms with van der Waals surface area (Å²) in [5.41, 5.74) is 0.819. The molecule has 0 bridgehead atoms.